The quantitative estimate of drug-likeness (QED) is 0.253. The Balaban J connectivity index is 2.29. The minimum atomic E-state index is -0.330. The van der Waals surface area contributed by atoms with E-state index in [0.717, 1.165) is 4.90 Å². The molecule has 3 amide bonds. The van der Waals surface area contributed by atoms with Crippen LogP contribution in [0, 0.1) is 0 Å². The van der Waals surface area contributed by atoms with Gasteiger partial charge in [-0.15, -0.1) is 0 Å². The summed E-state index contributed by atoms with van der Waals surface area (Å²) in [5.41, 5.74) is 1.97. The monoisotopic (exact) mass is 197 g/mol. The van der Waals surface area contributed by atoms with Gasteiger partial charge in [-0.1, -0.05) is 0 Å². The number of hydrazine groups is 1. The Morgan fingerprint density at radius 1 is 1.36 bits per heavy atom. The molecular weight excluding hydrogens is 186 g/mol. The van der Waals surface area contributed by atoms with Gasteiger partial charge in [-0.2, -0.15) is 0 Å². The molecule has 0 saturated carbocycles. The number of nitrogens with two attached hydrogens (primary N) is 1. The number of imide groups is 1. The highest BCUT2D eigenvalue weighted by Gasteiger charge is 2.22. The van der Waals surface area contributed by atoms with E-state index in [2.05, 4.69) is 0 Å². The predicted octanol–water partition coefficient (Wildman–Crippen LogP) is -1.32. The number of rotatable bonds is 4. The summed E-state index contributed by atoms with van der Waals surface area (Å²) in [6.45, 7) is 0.248. The summed E-state index contributed by atoms with van der Waals surface area (Å²) >= 11 is 0. The fourth-order valence-electron chi connectivity index (χ4n) is 1.12. The lowest BCUT2D eigenvalue weighted by Crippen LogP contribution is -2.33. The molecule has 0 fully saturated rings. The van der Waals surface area contributed by atoms with Crippen molar-refractivity contribution >= 4 is 17.7 Å². The number of carbonyl (C=O) groups is 3. The van der Waals surface area contributed by atoms with E-state index in [4.69, 9.17) is 5.84 Å². The van der Waals surface area contributed by atoms with Crippen LogP contribution in [0.2, 0.25) is 0 Å². The summed E-state index contributed by atoms with van der Waals surface area (Å²) in [6, 6.07) is 0. The summed E-state index contributed by atoms with van der Waals surface area (Å²) in [5.74, 6) is 3.89. The maximum absolute atomic E-state index is 11.0. The van der Waals surface area contributed by atoms with Crippen LogP contribution in [-0.4, -0.2) is 29.2 Å². The van der Waals surface area contributed by atoms with E-state index < -0.39 is 0 Å². The molecule has 76 valence electrons. The van der Waals surface area contributed by atoms with Gasteiger partial charge >= 0.3 is 0 Å². The van der Waals surface area contributed by atoms with Crippen molar-refractivity contribution in [2.24, 2.45) is 5.84 Å². The lowest BCUT2D eigenvalue weighted by molar-refractivity contribution is -0.137. The first-order chi connectivity index (χ1) is 6.65. The Morgan fingerprint density at radius 2 is 1.93 bits per heavy atom. The number of hydrogen-bond donors (Lipinski definition) is 2. The van der Waals surface area contributed by atoms with Crippen molar-refractivity contribution in [2.45, 2.75) is 12.8 Å². The molecule has 3 N–H and O–H groups in total. The van der Waals surface area contributed by atoms with Crippen molar-refractivity contribution in [3.8, 4) is 0 Å². The molecule has 0 bridgehead atoms. The molecule has 0 unspecified atom stereocenters. The lowest BCUT2D eigenvalue weighted by Gasteiger charge is -2.12. The highest BCUT2D eigenvalue weighted by atomic mass is 16.2. The molecule has 0 aromatic heterocycles. The van der Waals surface area contributed by atoms with Crippen molar-refractivity contribution in [1.29, 1.82) is 0 Å². The highest BCUT2D eigenvalue weighted by molar-refractivity contribution is 6.12. The molecule has 0 aromatic carbocycles. The van der Waals surface area contributed by atoms with E-state index >= 15 is 0 Å². The molecule has 0 aliphatic carbocycles. The average molecular weight is 197 g/mol. The molecule has 1 aliphatic heterocycles. The number of hydrogen-bond acceptors (Lipinski definition) is 4. The minimum Gasteiger partial charge on any atom is -0.294 e. The molecule has 0 radical (unpaired) electrons. The van der Waals surface area contributed by atoms with Crippen molar-refractivity contribution in [1.82, 2.24) is 10.3 Å². The highest BCUT2D eigenvalue weighted by Crippen LogP contribution is 2.04. The van der Waals surface area contributed by atoms with Crippen LogP contribution in [0.5, 0.6) is 0 Å². The molecule has 0 saturated heterocycles. The molecule has 6 nitrogen and oxygen atoms in total. The second-order valence-electron chi connectivity index (χ2n) is 2.83. The zero-order chi connectivity index (χ0) is 10.6. The average Bonchev–Trinajstić information content (AvgIpc) is 2.48. The molecule has 0 spiro atoms. The molecule has 0 atom stereocenters. The van der Waals surface area contributed by atoms with Gasteiger partial charge < -0.3 is 0 Å². The first-order valence-electron chi connectivity index (χ1n) is 4.18. The Labute approximate surface area is 80.7 Å². The molecule has 1 heterocycles. The zero-order valence-electron chi connectivity index (χ0n) is 7.53. The molecule has 6 heteroatoms. The van der Waals surface area contributed by atoms with Crippen molar-refractivity contribution in [2.75, 3.05) is 6.54 Å². The van der Waals surface area contributed by atoms with Gasteiger partial charge in [0.05, 0.1) is 0 Å². The Kier molecular flexibility index (Phi) is 3.35. The zero-order valence-corrected chi connectivity index (χ0v) is 7.53. The standard InChI is InChI=1S/C8H11N3O3/c9-10-6(12)2-1-5-11-7(13)3-4-8(11)14/h3-4H,1-2,5,9H2,(H,10,12). The second-order valence-corrected chi connectivity index (χ2v) is 2.83. The third-order valence-corrected chi connectivity index (χ3v) is 1.85. The van der Waals surface area contributed by atoms with Gasteiger partial charge in [0.2, 0.25) is 5.91 Å². The number of nitrogens with zero attached hydrogens (tertiary/aromatic N) is 1. The molecule has 14 heavy (non-hydrogen) atoms. The van der Waals surface area contributed by atoms with E-state index in [1.54, 1.807) is 0 Å². The lowest BCUT2D eigenvalue weighted by atomic mass is 10.3. The van der Waals surface area contributed by atoms with E-state index in [-0.39, 0.29) is 30.7 Å². The first-order valence-corrected chi connectivity index (χ1v) is 4.18. The van der Waals surface area contributed by atoms with Crippen LogP contribution >= 0.6 is 0 Å². The van der Waals surface area contributed by atoms with Crippen LogP contribution in [0.25, 0.3) is 0 Å². The largest absolute Gasteiger partial charge is 0.294 e. The van der Waals surface area contributed by atoms with Crippen LogP contribution in [-0.2, 0) is 14.4 Å². The van der Waals surface area contributed by atoms with Crippen molar-refractivity contribution in [3.63, 3.8) is 0 Å². The fourth-order valence-corrected chi connectivity index (χ4v) is 1.12. The van der Waals surface area contributed by atoms with Gasteiger partial charge in [0.25, 0.3) is 11.8 Å². The summed E-state index contributed by atoms with van der Waals surface area (Å²) < 4.78 is 0. The number of carbonyl (C=O) groups excluding carboxylic acids is 3. The molecular formula is C8H11N3O3. The summed E-state index contributed by atoms with van der Waals surface area (Å²) in [5, 5.41) is 0. The minimum absolute atomic E-state index is 0.202. The van der Waals surface area contributed by atoms with Crippen molar-refractivity contribution < 1.29 is 14.4 Å². The SMILES string of the molecule is NNC(=O)CCCN1C(=O)C=CC1=O. The Bertz CT molecular complexity index is 280. The molecule has 1 aliphatic rings. The topological polar surface area (TPSA) is 92.5 Å². The van der Waals surface area contributed by atoms with Gasteiger partial charge in [-0.05, 0) is 6.42 Å². The summed E-state index contributed by atoms with van der Waals surface area (Å²) in [7, 11) is 0. The third-order valence-electron chi connectivity index (χ3n) is 1.85. The Morgan fingerprint density at radius 3 is 2.43 bits per heavy atom. The van der Waals surface area contributed by atoms with Gasteiger partial charge in [0.1, 0.15) is 0 Å². The van der Waals surface area contributed by atoms with Crippen LogP contribution in [0.1, 0.15) is 12.8 Å². The van der Waals surface area contributed by atoms with E-state index in [1.807, 2.05) is 5.43 Å². The molecule has 1 rings (SSSR count). The number of amides is 3. The smallest absolute Gasteiger partial charge is 0.253 e. The van der Waals surface area contributed by atoms with Crippen LogP contribution < -0.4 is 11.3 Å². The summed E-state index contributed by atoms with van der Waals surface area (Å²) in [6.07, 6.45) is 3.05. The van der Waals surface area contributed by atoms with Gasteiger partial charge in [-0.25, -0.2) is 5.84 Å². The van der Waals surface area contributed by atoms with Gasteiger partial charge in [0, 0.05) is 25.1 Å². The normalized spacial score (nSPS) is 15.1. The van der Waals surface area contributed by atoms with Crippen LogP contribution in [0.3, 0.4) is 0 Å². The van der Waals surface area contributed by atoms with Gasteiger partial charge in [0.15, 0.2) is 0 Å². The van der Waals surface area contributed by atoms with Crippen LogP contribution in [0.4, 0.5) is 0 Å². The second kappa shape index (κ2) is 4.52. The van der Waals surface area contributed by atoms with Gasteiger partial charge in [-0.3, -0.25) is 24.7 Å². The number of nitrogens with one attached hydrogen (secondary N) is 1. The van der Waals surface area contributed by atoms with E-state index in [1.165, 1.54) is 12.2 Å². The molecule has 0 aromatic rings. The third kappa shape index (κ3) is 2.40. The van der Waals surface area contributed by atoms with E-state index in [9.17, 15) is 14.4 Å². The Hall–Kier alpha value is -1.69. The predicted molar refractivity (Wildman–Crippen MR) is 47.4 cm³/mol. The van der Waals surface area contributed by atoms with Crippen molar-refractivity contribution in [3.05, 3.63) is 12.2 Å². The first kappa shape index (κ1) is 10.4. The summed E-state index contributed by atoms with van der Waals surface area (Å²) in [4.78, 5) is 33.8. The van der Waals surface area contributed by atoms with Crippen LogP contribution in [0.15, 0.2) is 12.2 Å². The fraction of sp³-hybridized carbons (Fsp3) is 0.375. The maximum Gasteiger partial charge on any atom is 0.253 e. The van der Waals surface area contributed by atoms with E-state index in [0.29, 0.717) is 6.42 Å². The maximum atomic E-state index is 11.0.